The molecular weight excluding hydrogens is 272 g/mol. The summed E-state index contributed by atoms with van der Waals surface area (Å²) in [5.41, 5.74) is 0.878. The van der Waals surface area contributed by atoms with Gasteiger partial charge in [-0.05, 0) is 19.1 Å². The molecule has 1 atom stereocenters. The zero-order valence-corrected chi connectivity index (χ0v) is 10.3. The maximum absolute atomic E-state index is 9.20. The van der Waals surface area contributed by atoms with Crippen LogP contribution in [0.15, 0.2) is 33.3 Å². The Labute approximate surface area is 101 Å². The lowest BCUT2D eigenvalue weighted by Crippen LogP contribution is -2.04. The molecule has 2 aromatic rings. The molecule has 0 aliphatic rings. The van der Waals surface area contributed by atoms with Gasteiger partial charge in [-0.3, -0.25) is 0 Å². The van der Waals surface area contributed by atoms with Crippen LogP contribution in [0.5, 0.6) is 0 Å². The molecular formula is C11H11BrN2O2. The monoisotopic (exact) mass is 282 g/mol. The summed E-state index contributed by atoms with van der Waals surface area (Å²) >= 11 is 3.42. The molecule has 0 aliphatic carbocycles. The van der Waals surface area contributed by atoms with Gasteiger partial charge in [0.15, 0.2) is 0 Å². The number of aliphatic hydroxyl groups is 1. The molecule has 0 saturated heterocycles. The summed E-state index contributed by atoms with van der Waals surface area (Å²) in [6, 6.07) is 7.65. The molecule has 1 N–H and O–H groups in total. The summed E-state index contributed by atoms with van der Waals surface area (Å²) < 4.78 is 5.96. The fraction of sp³-hybridized carbons (Fsp3) is 0.273. The van der Waals surface area contributed by atoms with Gasteiger partial charge in [0.05, 0.1) is 12.5 Å². The molecule has 1 aromatic carbocycles. The van der Waals surface area contributed by atoms with Gasteiger partial charge in [-0.1, -0.05) is 33.2 Å². The first-order chi connectivity index (χ1) is 7.66. The highest BCUT2D eigenvalue weighted by Gasteiger charge is 2.12. The van der Waals surface area contributed by atoms with Gasteiger partial charge in [-0.25, -0.2) is 0 Å². The highest BCUT2D eigenvalue weighted by molar-refractivity contribution is 9.10. The Hall–Kier alpha value is -1.20. The van der Waals surface area contributed by atoms with Crippen molar-refractivity contribution in [3.8, 4) is 11.4 Å². The lowest BCUT2D eigenvalue weighted by Gasteiger charge is -1.97. The number of hydrogen-bond acceptors (Lipinski definition) is 4. The molecule has 0 spiro atoms. The summed E-state index contributed by atoms with van der Waals surface area (Å²) in [6.07, 6.45) is -0.107. The van der Waals surface area contributed by atoms with Gasteiger partial charge < -0.3 is 9.63 Å². The minimum atomic E-state index is -0.479. The molecule has 0 radical (unpaired) electrons. The first-order valence-corrected chi connectivity index (χ1v) is 5.71. The van der Waals surface area contributed by atoms with Crippen molar-refractivity contribution in [3.05, 3.63) is 34.6 Å². The van der Waals surface area contributed by atoms with E-state index in [0.29, 0.717) is 18.1 Å². The molecule has 16 heavy (non-hydrogen) atoms. The average Bonchev–Trinajstić information content (AvgIpc) is 2.66. The minimum absolute atomic E-state index is 0.372. The van der Waals surface area contributed by atoms with Crippen LogP contribution in [0.1, 0.15) is 12.8 Å². The maximum Gasteiger partial charge on any atom is 0.229 e. The van der Waals surface area contributed by atoms with Gasteiger partial charge in [-0.15, -0.1) is 0 Å². The van der Waals surface area contributed by atoms with Gasteiger partial charge in [-0.2, -0.15) is 4.98 Å². The van der Waals surface area contributed by atoms with Crippen LogP contribution in [0, 0.1) is 0 Å². The van der Waals surface area contributed by atoms with Crippen molar-refractivity contribution in [3.63, 3.8) is 0 Å². The Morgan fingerprint density at radius 2 is 2.19 bits per heavy atom. The van der Waals surface area contributed by atoms with Crippen molar-refractivity contribution < 1.29 is 9.63 Å². The maximum atomic E-state index is 9.20. The van der Waals surface area contributed by atoms with E-state index in [9.17, 15) is 5.11 Å². The third kappa shape index (κ3) is 2.48. The predicted octanol–water partition coefficient (Wildman–Crippen LogP) is 2.42. The van der Waals surface area contributed by atoms with Crippen molar-refractivity contribution in [1.29, 1.82) is 0 Å². The summed E-state index contributed by atoms with van der Waals surface area (Å²) in [7, 11) is 0. The van der Waals surface area contributed by atoms with Crippen LogP contribution in [-0.4, -0.2) is 21.4 Å². The Bertz CT molecular complexity index is 482. The van der Waals surface area contributed by atoms with E-state index in [1.807, 2.05) is 24.3 Å². The third-order valence-electron chi connectivity index (χ3n) is 2.05. The fourth-order valence-corrected chi connectivity index (χ4v) is 1.80. The van der Waals surface area contributed by atoms with E-state index in [0.717, 1.165) is 10.0 Å². The van der Waals surface area contributed by atoms with Gasteiger partial charge in [0, 0.05) is 10.0 Å². The fourth-order valence-electron chi connectivity index (χ4n) is 1.34. The van der Waals surface area contributed by atoms with E-state index in [4.69, 9.17) is 4.52 Å². The number of aromatic nitrogens is 2. The van der Waals surface area contributed by atoms with Crippen molar-refractivity contribution in [2.45, 2.75) is 19.4 Å². The Balaban J connectivity index is 2.28. The minimum Gasteiger partial charge on any atom is -0.393 e. The number of nitrogens with zero attached hydrogens (tertiary/aromatic N) is 2. The van der Waals surface area contributed by atoms with Gasteiger partial charge in [0.1, 0.15) is 0 Å². The van der Waals surface area contributed by atoms with Gasteiger partial charge in [0.2, 0.25) is 11.7 Å². The van der Waals surface area contributed by atoms with Crippen LogP contribution in [0.25, 0.3) is 11.4 Å². The van der Waals surface area contributed by atoms with E-state index >= 15 is 0 Å². The Kier molecular flexibility index (Phi) is 3.36. The van der Waals surface area contributed by atoms with E-state index in [2.05, 4.69) is 26.1 Å². The van der Waals surface area contributed by atoms with E-state index in [1.165, 1.54) is 0 Å². The van der Waals surface area contributed by atoms with Crippen LogP contribution < -0.4 is 0 Å². The highest BCUT2D eigenvalue weighted by Crippen LogP contribution is 2.25. The molecule has 84 valence electrons. The molecule has 1 unspecified atom stereocenters. The number of halogens is 1. The van der Waals surface area contributed by atoms with Crippen molar-refractivity contribution >= 4 is 15.9 Å². The lowest BCUT2D eigenvalue weighted by atomic mass is 10.2. The van der Waals surface area contributed by atoms with Crippen LogP contribution >= 0.6 is 15.9 Å². The predicted molar refractivity (Wildman–Crippen MR) is 62.8 cm³/mol. The van der Waals surface area contributed by atoms with Crippen molar-refractivity contribution in [2.75, 3.05) is 0 Å². The van der Waals surface area contributed by atoms with Crippen LogP contribution in [0.4, 0.5) is 0 Å². The molecule has 4 nitrogen and oxygen atoms in total. The Morgan fingerprint density at radius 3 is 2.88 bits per heavy atom. The van der Waals surface area contributed by atoms with Gasteiger partial charge in [0.25, 0.3) is 0 Å². The lowest BCUT2D eigenvalue weighted by molar-refractivity contribution is 0.181. The second kappa shape index (κ2) is 4.76. The topological polar surface area (TPSA) is 59.2 Å². The number of aliphatic hydroxyl groups excluding tert-OH is 1. The van der Waals surface area contributed by atoms with Crippen molar-refractivity contribution in [1.82, 2.24) is 10.1 Å². The highest BCUT2D eigenvalue weighted by atomic mass is 79.9. The quantitative estimate of drug-likeness (QED) is 0.939. The molecule has 1 heterocycles. The standard InChI is InChI=1S/C11H11BrN2O2/c1-7(15)6-10-13-11(14-16-10)8-4-2-3-5-9(8)12/h2-5,7,15H,6H2,1H3. The van der Waals surface area contributed by atoms with Crippen LogP contribution in [0.3, 0.4) is 0 Å². The number of rotatable bonds is 3. The normalized spacial score (nSPS) is 12.7. The largest absolute Gasteiger partial charge is 0.393 e. The number of benzene rings is 1. The number of hydrogen-bond donors (Lipinski definition) is 1. The molecule has 0 bridgehead atoms. The van der Waals surface area contributed by atoms with Crippen LogP contribution in [0.2, 0.25) is 0 Å². The first-order valence-electron chi connectivity index (χ1n) is 4.92. The summed E-state index contributed by atoms with van der Waals surface area (Å²) in [5, 5.41) is 13.1. The van der Waals surface area contributed by atoms with E-state index in [1.54, 1.807) is 6.92 Å². The Morgan fingerprint density at radius 1 is 1.44 bits per heavy atom. The molecule has 0 saturated carbocycles. The smallest absolute Gasteiger partial charge is 0.229 e. The zero-order chi connectivity index (χ0) is 11.5. The molecule has 0 fully saturated rings. The zero-order valence-electron chi connectivity index (χ0n) is 8.72. The average molecular weight is 283 g/mol. The summed E-state index contributed by atoms with van der Waals surface area (Å²) in [5.74, 6) is 0.976. The van der Waals surface area contributed by atoms with Crippen LogP contribution in [-0.2, 0) is 6.42 Å². The SMILES string of the molecule is CC(O)Cc1nc(-c2ccccc2Br)no1. The molecule has 2 rings (SSSR count). The summed E-state index contributed by atoms with van der Waals surface area (Å²) in [4.78, 5) is 4.21. The molecule has 5 heteroatoms. The molecule has 0 aliphatic heterocycles. The molecule has 0 amide bonds. The van der Waals surface area contributed by atoms with Gasteiger partial charge >= 0.3 is 0 Å². The second-order valence-corrected chi connectivity index (χ2v) is 4.40. The van der Waals surface area contributed by atoms with E-state index in [-0.39, 0.29) is 0 Å². The second-order valence-electron chi connectivity index (χ2n) is 3.54. The first kappa shape index (κ1) is 11.3. The van der Waals surface area contributed by atoms with Crippen molar-refractivity contribution in [2.24, 2.45) is 0 Å². The summed E-state index contributed by atoms with van der Waals surface area (Å²) in [6.45, 7) is 1.68. The molecule has 1 aromatic heterocycles. The van der Waals surface area contributed by atoms with E-state index < -0.39 is 6.10 Å². The third-order valence-corrected chi connectivity index (χ3v) is 2.74.